The molecule has 0 spiro atoms. The Hall–Kier alpha value is -2.67. The summed E-state index contributed by atoms with van der Waals surface area (Å²) in [4.78, 5) is 27.6. The third kappa shape index (κ3) is 4.40. The fraction of sp³-hybridized carbons (Fsp3) is 0.200. The molecule has 2 aromatic rings. The molecule has 0 bridgehead atoms. The predicted octanol–water partition coefficient (Wildman–Crippen LogP) is 3.34. The highest BCUT2D eigenvalue weighted by molar-refractivity contribution is 6.30. The van der Waals surface area contributed by atoms with Crippen LogP contribution in [0.25, 0.3) is 0 Å². The van der Waals surface area contributed by atoms with Crippen molar-refractivity contribution in [3.05, 3.63) is 57.7 Å². The summed E-state index contributed by atoms with van der Waals surface area (Å²) in [5, 5.41) is 11.3. The predicted molar refractivity (Wildman–Crippen MR) is 86.0 cm³/mol. The number of esters is 1. The molecule has 1 aromatic heterocycles. The van der Waals surface area contributed by atoms with E-state index < -0.39 is 10.9 Å². The van der Waals surface area contributed by atoms with Gasteiger partial charge in [-0.3, -0.25) is 14.9 Å². The number of hydrogen-bond acceptors (Lipinski definition) is 6. The van der Waals surface area contributed by atoms with E-state index in [0.29, 0.717) is 16.5 Å². The summed E-state index contributed by atoms with van der Waals surface area (Å²) in [5.41, 5.74) is 0.546. The van der Waals surface area contributed by atoms with Crippen molar-refractivity contribution in [2.24, 2.45) is 0 Å². The van der Waals surface area contributed by atoms with Gasteiger partial charge >= 0.3 is 5.97 Å². The van der Waals surface area contributed by atoms with Crippen LogP contribution in [0.3, 0.4) is 0 Å². The van der Waals surface area contributed by atoms with Crippen LogP contribution < -0.4 is 4.90 Å². The van der Waals surface area contributed by atoms with E-state index in [-0.39, 0.29) is 18.8 Å². The van der Waals surface area contributed by atoms with Crippen LogP contribution in [-0.2, 0) is 9.53 Å². The van der Waals surface area contributed by atoms with E-state index in [0.717, 1.165) is 6.20 Å². The highest BCUT2D eigenvalue weighted by atomic mass is 35.5. The quantitative estimate of drug-likeness (QED) is 0.457. The minimum atomic E-state index is -0.533. The zero-order valence-electron chi connectivity index (χ0n) is 12.3. The van der Waals surface area contributed by atoms with Crippen molar-refractivity contribution < 1.29 is 14.5 Å². The van der Waals surface area contributed by atoms with Crippen LogP contribution in [0.2, 0.25) is 5.02 Å². The van der Waals surface area contributed by atoms with E-state index >= 15 is 0 Å². The van der Waals surface area contributed by atoms with Crippen molar-refractivity contribution in [3.63, 3.8) is 0 Å². The van der Waals surface area contributed by atoms with E-state index in [2.05, 4.69) is 4.98 Å². The molecule has 0 radical (unpaired) electrons. The Balaban J connectivity index is 2.33. The molecule has 0 amide bonds. The first-order valence-electron chi connectivity index (χ1n) is 6.80. The molecule has 7 nitrogen and oxygen atoms in total. The molecular formula is C15H14ClN3O4. The summed E-state index contributed by atoms with van der Waals surface area (Å²) >= 11 is 5.87. The van der Waals surface area contributed by atoms with E-state index in [4.69, 9.17) is 16.3 Å². The van der Waals surface area contributed by atoms with E-state index in [1.54, 1.807) is 36.1 Å². The van der Waals surface area contributed by atoms with E-state index in [1.165, 1.54) is 12.1 Å². The van der Waals surface area contributed by atoms with Crippen LogP contribution in [0.1, 0.15) is 6.92 Å². The monoisotopic (exact) mass is 335 g/mol. The molecule has 23 heavy (non-hydrogen) atoms. The maximum absolute atomic E-state index is 11.8. The third-order valence-electron chi connectivity index (χ3n) is 2.95. The Bertz CT molecular complexity index is 689. The van der Waals surface area contributed by atoms with Crippen molar-refractivity contribution in [1.29, 1.82) is 0 Å². The van der Waals surface area contributed by atoms with E-state index in [1.807, 2.05) is 0 Å². The smallest absolute Gasteiger partial charge is 0.326 e. The van der Waals surface area contributed by atoms with Crippen LogP contribution in [0.5, 0.6) is 0 Å². The van der Waals surface area contributed by atoms with Gasteiger partial charge in [0, 0.05) is 16.8 Å². The number of halogens is 1. The van der Waals surface area contributed by atoms with Crippen LogP contribution in [0.4, 0.5) is 17.2 Å². The average molecular weight is 336 g/mol. The Morgan fingerprint density at radius 3 is 2.52 bits per heavy atom. The molecule has 0 N–H and O–H groups in total. The van der Waals surface area contributed by atoms with Gasteiger partial charge in [0.15, 0.2) is 0 Å². The number of rotatable bonds is 6. The molecule has 0 atom stereocenters. The molecule has 0 aliphatic rings. The third-order valence-corrected chi connectivity index (χ3v) is 3.20. The van der Waals surface area contributed by atoms with Gasteiger partial charge in [0.2, 0.25) is 0 Å². The summed E-state index contributed by atoms with van der Waals surface area (Å²) in [7, 11) is 0. The van der Waals surface area contributed by atoms with Crippen LogP contribution in [0.15, 0.2) is 42.6 Å². The minimum absolute atomic E-state index is 0.0692. The number of nitrogens with zero attached hydrogens (tertiary/aromatic N) is 3. The maximum atomic E-state index is 11.8. The van der Waals surface area contributed by atoms with Crippen molar-refractivity contribution in [3.8, 4) is 0 Å². The van der Waals surface area contributed by atoms with Crippen LogP contribution in [0, 0.1) is 10.1 Å². The van der Waals surface area contributed by atoms with Gasteiger partial charge in [-0.25, -0.2) is 4.98 Å². The summed E-state index contributed by atoms with van der Waals surface area (Å²) in [6.07, 6.45) is 1.14. The second kappa shape index (κ2) is 7.55. The molecule has 0 aliphatic carbocycles. The molecule has 0 aliphatic heterocycles. The number of nitro groups is 1. The largest absolute Gasteiger partial charge is 0.465 e. The topological polar surface area (TPSA) is 85.6 Å². The zero-order chi connectivity index (χ0) is 16.8. The van der Waals surface area contributed by atoms with Gasteiger partial charge in [-0.15, -0.1) is 0 Å². The number of pyridine rings is 1. The summed E-state index contributed by atoms with van der Waals surface area (Å²) in [6, 6.07) is 9.62. The van der Waals surface area contributed by atoms with Gasteiger partial charge in [-0.05, 0) is 37.3 Å². The SMILES string of the molecule is CCOC(=O)CN(c1ccc(Cl)cc1)c1ccc([N+](=O)[O-])cn1. The summed E-state index contributed by atoms with van der Waals surface area (Å²) in [6.45, 7) is 1.91. The van der Waals surface area contributed by atoms with Gasteiger partial charge in [-0.1, -0.05) is 11.6 Å². The lowest BCUT2D eigenvalue weighted by Gasteiger charge is -2.22. The van der Waals surface area contributed by atoms with Gasteiger partial charge in [0.1, 0.15) is 18.6 Å². The molecule has 0 unspecified atom stereocenters. The molecule has 0 fully saturated rings. The molecule has 0 saturated heterocycles. The number of carbonyl (C=O) groups excluding carboxylic acids is 1. The van der Waals surface area contributed by atoms with Crippen molar-refractivity contribution >= 4 is 34.8 Å². The van der Waals surface area contributed by atoms with Gasteiger partial charge in [0.25, 0.3) is 5.69 Å². The summed E-state index contributed by atoms with van der Waals surface area (Å²) in [5.74, 6) is -0.0337. The van der Waals surface area contributed by atoms with Gasteiger partial charge in [-0.2, -0.15) is 0 Å². The first-order chi connectivity index (χ1) is 11.0. The summed E-state index contributed by atoms with van der Waals surface area (Å²) < 4.78 is 4.96. The number of benzene rings is 1. The Labute approximate surface area is 137 Å². The van der Waals surface area contributed by atoms with Crippen molar-refractivity contribution in [1.82, 2.24) is 4.98 Å². The fourth-order valence-electron chi connectivity index (χ4n) is 1.91. The minimum Gasteiger partial charge on any atom is -0.465 e. The average Bonchev–Trinajstić information content (AvgIpc) is 2.54. The number of anilines is 2. The Morgan fingerprint density at radius 2 is 2.00 bits per heavy atom. The first-order valence-corrected chi connectivity index (χ1v) is 7.18. The second-order valence-corrected chi connectivity index (χ2v) is 4.94. The number of aromatic nitrogens is 1. The van der Waals surface area contributed by atoms with Gasteiger partial charge < -0.3 is 9.64 Å². The zero-order valence-corrected chi connectivity index (χ0v) is 13.1. The fourth-order valence-corrected chi connectivity index (χ4v) is 2.03. The molecule has 2 rings (SSSR count). The highest BCUT2D eigenvalue weighted by Gasteiger charge is 2.17. The lowest BCUT2D eigenvalue weighted by molar-refractivity contribution is -0.385. The Morgan fingerprint density at radius 1 is 1.30 bits per heavy atom. The maximum Gasteiger partial charge on any atom is 0.326 e. The molecular weight excluding hydrogens is 322 g/mol. The molecule has 8 heteroatoms. The number of carbonyl (C=O) groups is 1. The molecule has 1 aromatic carbocycles. The van der Waals surface area contributed by atoms with Crippen molar-refractivity contribution in [2.75, 3.05) is 18.1 Å². The van der Waals surface area contributed by atoms with Crippen LogP contribution >= 0.6 is 11.6 Å². The first kappa shape index (κ1) is 16.7. The normalized spacial score (nSPS) is 10.2. The lowest BCUT2D eigenvalue weighted by Crippen LogP contribution is -2.27. The number of ether oxygens (including phenoxy) is 1. The van der Waals surface area contributed by atoms with Crippen LogP contribution in [-0.4, -0.2) is 29.0 Å². The van der Waals surface area contributed by atoms with Gasteiger partial charge in [0.05, 0.1) is 11.5 Å². The highest BCUT2D eigenvalue weighted by Crippen LogP contribution is 2.26. The Kier molecular flexibility index (Phi) is 5.48. The van der Waals surface area contributed by atoms with Crippen molar-refractivity contribution in [2.45, 2.75) is 6.92 Å². The number of hydrogen-bond donors (Lipinski definition) is 0. The second-order valence-electron chi connectivity index (χ2n) is 4.50. The molecule has 0 saturated carbocycles. The van der Waals surface area contributed by atoms with E-state index in [9.17, 15) is 14.9 Å². The molecule has 1 heterocycles. The molecule has 120 valence electrons. The lowest BCUT2D eigenvalue weighted by atomic mass is 10.2. The standard InChI is InChI=1S/C15H14ClN3O4/c1-2-23-15(20)10-18(12-5-3-11(16)4-6-12)14-8-7-13(9-17-14)19(21)22/h3-9H,2,10H2,1H3.